The van der Waals surface area contributed by atoms with Crippen LogP contribution in [0.15, 0.2) is 0 Å². The maximum atomic E-state index is 11.9. The van der Waals surface area contributed by atoms with E-state index in [1.165, 1.54) is 0 Å². The molecule has 3 heteroatoms. The predicted molar refractivity (Wildman–Crippen MR) is 67.0 cm³/mol. The van der Waals surface area contributed by atoms with Crippen molar-refractivity contribution < 1.29 is 4.79 Å². The van der Waals surface area contributed by atoms with Crippen LogP contribution in [0.25, 0.3) is 0 Å². The Balaban J connectivity index is 0.000000606. The summed E-state index contributed by atoms with van der Waals surface area (Å²) in [5, 5.41) is 0. The van der Waals surface area contributed by atoms with E-state index in [2.05, 4.69) is 13.8 Å². The van der Waals surface area contributed by atoms with E-state index in [1.54, 1.807) is 0 Å². The zero-order valence-corrected chi connectivity index (χ0v) is 11.1. The Hall–Kier alpha value is -0.570. The van der Waals surface area contributed by atoms with Gasteiger partial charge in [-0.15, -0.1) is 0 Å². The molecule has 1 saturated heterocycles. The Kier molecular flexibility index (Phi) is 4.36. The molecule has 2 rings (SSSR count). The molecule has 2 N–H and O–H groups in total. The summed E-state index contributed by atoms with van der Waals surface area (Å²) in [6.07, 6.45) is 3.39. The van der Waals surface area contributed by atoms with Crippen LogP contribution in [0.1, 0.15) is 47.0 Å². The smallest absolute Gasteiger partial charge is 0.239 e. The lowest BCUT2D eigenvalue weighted by molar-refractivity contribution is -0.132. The van der Waals surface area contributed by atoms with Gasteiger partial charge in [-0.2, -0.15) is 0 Å². The second kappa shape index (κ2) is 5.17. The molecule has 1 saturated carbocycles. The van der Waals surface area contributed by atoms with E-state index < -0.39 is 0 Å². The topological polar surface area (TPSA) is 46.3 Å². The summed E-state index contributed by atoms with van der Waals surface area (Å²) < 4.78 is 0. The summed E-state index contributed by atoms with van der Waals surface area (Å²) in [5.41, 5.74) is 6.19. The number of nitrogens with zero attached hydrogens (tertiary/aromatic N) is 1. The molecule has 2 fully saturated rings. The lowest BCUT2D eigenvalue weighted by Crippen LogP contribution is -2.44. The Morgan fingerprint density at radius 3 is 2.31 bits per heavy atom. The fraction of sp³-hybridized carbons (Fsp3) is 0.923. The average molecular weight is 226 g/mol. The molecule has 3 nitrogen and oxygen atoms in total. The Labute approximate surface area is 99.4 Å². The third kappa shape index (κ3) is 3.21. The van der Waals surface area contributed by atoms with Crippen LogP contribution in [0, 0.1) is 11.3 Å². The van der Waals surface area contributed by atoms with Crippen molar-refractivity contribution in [1.29, 1.82) is 0 Å². The molecule has 1 atom stereocenters. The lowest BCUT2D eigenvalue weighted by atomic mass is 9.93. The van der Waals surface area contributed by atoms with Crippen LogP contribution in [-0.2, 0) is 4.79 Å². The first-order chi connectivity index (χ1) is 7.49. The number of hydrogen-bond acceptors (Lipinski definition) is 2. The highest BCUT2D eigenvalue weighted by molar-refractivity contribution is 5.82. The zero-order chi connectivity index (χ0) is 12.3. The highest BCUT2D eigenvalue weighted by Gasteiger charge is 2.39. The molecule has 0 aromatic heterocycles. The molecule has 0 bridgehead atoms. The van der Waals surface area contributed by atoms with Crippen molar-refractivity contribution in [3.63, 3.8) is 0 Å². The summed E-state index contributed by atoms with van der Waals surface area (Å²) in [7, 11) is 0. The molecule has 1 aliphatic heterocycles. The highest BCUT2D eigenvalue weighted by atomic mass is 16.2. The molecular formula is C13H26N2O. The zero-order valence-electron chi connectivity index (χ0n) is 11.1. The highest BCUT2D eigenvalue weighted by Crippen LogP contribution is 2.34. The number of nitrogens with two attached hydrogens (primary N) is 1. The lowest BCUT2D eigenvalue weighted by Gasteiger charge is -2.22. The molecule has 1 unspecified atom stereocenters. The molecule has 0 aromatic carbocycles. The van der Waals surface area contributed by atoms with Gasteiger partial charge in [0, 0.05) is 13.1 Å². The Morgan fingerprint density at radius 2 is 1.94 bits per heavy atom. The van der Waals surface area contributed by atoms with E-state index in [4.69, 9.17) is 5.73 Å². The third-order valence-electron chi connectivity index (χ3n) is 3.40. The van der Waals surface area contributed by atoms with Gasteiger partial charge >= 0.3 is 0 Å². The standard InChI is InChI=1S/C11H20N2O.C2H6/c1-11(2)5-6-13(7-11)10(14)9(12)8-3-4-8;1-2/h8-9H,3-7,12H2,1-2H3;1-2H3. The fourth-order valence-corrected chi connectivity index (χ4v) is 2.17. The van der Waals surface area contributed by atoms with Crippen LogP contribution in [-0.4, -0.2) is 29.9 Å². The first-order valence-electron chi connectivity index (χ1n) is 6.54. The maximum Gasteiger partial charge on any atom is 0.239 e. The van der Waals surface area contributed by atoms with Gasteiger partial charge in [0.15, 0.2) is 0 Å². The number of amides is 1. The van der Waals surface area contributed by atoms with Crippen LogP contribution in [0.3, 0.4) is 0 Å². The number of rotatable bonds is 2. The number of likely N-dealkylation sites (tertiary alicyclic amines) is 1. The van der Waals surface area contributed by atoms with Crippen molar-refractivity contribution in [3.8, 4) is 0 Å². The molecular weight excluding hydrogens is 200 g/mol. The SMILES string of the molecule is CC.CC1(C)CCN(C(=O)C(N)C2CC2)C1. The van der Waals surface area contributed by atoms with E-state index >= 15 is 0 Å². The predicted octanol–water partition coefficient (Wildman–Crippen LogP) is 2.01. The van der Waals surface area contributed by atoms with Crippen LogP contribution in [0.5, 0.6) is 0 Å². The van der Waals surface area contributed by atoms with Crippen LogP contribution in [0.2, 0.25) is 0 Å². The van der Waals surface area contributed by atoms with Crippen molar-refractivity contribution in [2.75, 3.05) is 13.1 Å². The van der Waals surface area contributed by atoms with Crippen molar-refractivity contribution >= 4 is 5.91 Å². The van der Waals surface area contributed by atoms with Crippen LogP contribution < -0.4 is 5.73 Å². The van der Waals surface area contributed by atoms with Gasteiger partial charge in [-0.25, -0.2) is 0 Å². The van der Waals surface area contributed by atoms with Crippen LogP contribution in [0.4, 0.5) is 0 Å². The maximum absolute atomic E-state index is 11.9. The second-order valence-electron chi connectivity index (χ2n) is 5.54. The third-order valence-corrected chi connectivity index (χ3v) is 3.40. The van der Waals surface area contributed by atoms with Crippen LogP contribution >= 0.6 is 0 Å². The molecule has 0 radical (unpaired) electrons. The summed E-state index contributed by atoms with van der Waals surface area (Å²) >= 11 is 0. The molecule has 1 heterocycles. The van der Waals surface area contributed by atoms with E-state index in [1.807, 2.05) is 18.7 Å². The van der Waals surface area contributed by atoms with E-state index in [-0.39, 0.29) is 11.9 Å². The fourth-order valence-electron chi connectivity index (χ4n) is 2.17. The molecule has 16 heavy (non-hydrogen) atoms. The van der Waals surface area contributed by atoms with Gasteiger partial charge in [-0.05, 0) is 30.6 Å². The molecule has 1 aliphatic carbocycles. The Bertz CT molecular complexity index is 246. The van der Waals surface area contributed by atoms with Crippen molar-refractivity contribution in [2.45, 2.75) is 53.0 Å². The monoisotopic (exact) mass is 226 g/mol. The minimum absolute atomic E-state index is 0.179. The van der Waals surface area contributed by atoms with Gasteiger partial charge in [-0.3, -0.25) is 4.79 Å². The number of carbonyl (C=O) groups excluding carboxylic acids is 1. The average Bonchev–Trinajstić information content (AvgIpc) is 3.04. The molecule has 1 amide bonds. The number of hydrogen-bond donors (Lipinski definition) is 1. The van der Waals surface area contributed by atoms with Gasteiger partial charge in [0.25, 0.3) is 0 Å². The first kappa shape index (κ1) is 13.5. The van der Waals surface area contributed by atoms with Crippen molar-refractivity contribution in [1.82, 2.24) is 4.90 Å². The number of carbonyl (C=O) groups is 1. The van der Waals surface area contributed by atoms with E-state index in [0.717, 1.165) is 32.4 Å². The van der Waals surface area contributed by atoms with Gasteiger partial charge in [-0.1, -0.05) is 27.7 Å². The molecule has 2 aliphatic rings. The minimum atomic E-state index is -0.219. The molecule has 94 valence electrons. The van der Waals surface area contributed by atoms with Crippen molar-refractivity contribution in [2.24, 2.45) is 17.1 Å². The normalized spacial score (nSPS) is 24.7. The Morgan fingerprint density at radius 1 is 1.38 bits per heavy atom. The quantitative estimate of drug-likeness (QED) is 0.783. The van der Waals surface area contributed by atoms with E-state index in [9.17, 15) is 4.79 Å². The van der Waals surface area contributed by atoms with Gasteiger partial charge in [0.05, 0.1) is 6.04 Å². The molecule has 0 aromatic rings. The van der Waals surface area contributed by atoms with Gasteiger partial charge in [0.1, 0.15) is 0 Å². The summed E-state index contributed by atoms with van der Waals surface area (Å²) in [5.74, 6) is 0.657. The van der Waals surface area contributed by atoms with Crippen molar-refractivity contribution in [3.05, 3.63) is 0 Å². The minimum Gasteiger partial charge on any atom is -0.341 e. The summed E-state index contributed by atoms with van der Waals surface area (Å²) in [6, 6.07) is -0.219. The summed E-state index contributed by atoms with van der Waals surface area (Å²) in [4.78, 5) is 13.9. The van der Waals surface area contributed by atoms with Gasteiger partial charge < -0.3 is 10.6 Å². The first-order valence-corrected chi connectivity index (χ1v) is 6.54. The molecule has 0 spiro atoms. The largest absolute Gasteiger partial charge is 0.341 e. The van der Waals surface area contributed by atoms with Gasteiger partial charge in [0.2, 0.25) is 5.91 Å². The van der Waals surface area contributed by atoms with E-state index in [0.29, 0.717) is 11.3 Å². The summed E-state index contributed by atoms with van der Waals surface area (Å²) in [6.45, 7) is 10.2. The second-order valence-corrected chi connectivity index (χ2v) is 5.54.